The monoisotopic (exact) mass is 135 g/mol. The molecule has 1 rings (SSSR count). The van der Waals surface area contributed by atoms with Gasteiger partial charge in [-0.3, -0.25) is 0 Å². The molecule has 0 fully saturated rings. The summed E-state index contributed by atoms with van der Waals surface area (Å²) in [7, 11) is 0. The molecular weight excluding hydrogens is 126 g/mol. The van der Waals surface area contributed by atoms with E-state index in [1.807, 2.05) is 6.92 Å². The van der Waals surface area contributed by atoms with Crippen LogP contribution in [0.1, 0.15) is 12.7 Å². The average molecular weight is 135 g/mol. The van der Waals surface area contributed by atoms with E-state index in [0.717, 1.165) is 5.57 Å². The van der Waals surface area contributed by atoms with Crippen molar-refractivity contribution in [3.05, 3.63) is 30.5 Å². The average Bonchev–Trinajstić information content (AvgIpc) is 2.05. The number of nitrogens with zero attached hydrogens (tertiary/aromatic N) is 2. The molecule has 3 nitrogen and oxygen atoms in total. The van der Waals surface area contributed by atoms with Gasteiger partial charge in [-0.2, -0.15) is 0 Å². The van der Waals surface area contributed by atoms with Crippen molar-refractivity contribution in [1.82, 2.24) is 9.97 Å². The predicted octanol–water partition coefficient (Wildman–Crippen LogP) is 0.796. The van der Waals surface area contributed by atoms with Gasteiger partial charge in [-0.25, -0.2) is 9.97 Å². The first-order valence-corrected chi connectivity index (χ1v) is 3.00. The van der Waals surface area contributed by atoms with Crippen molar-refractivity contribution in [2.45, 2.75) is 6.92 Å². The van der Waals surface area contributed by atoms with Crippen LogP contribution in [0.2, 0.25) is 0 Å². The maximum absolute atomic E-state index is 5.26. The van der Waals surface area contributed by atoms with Crippen LogP contribution in [0.3, 0.4) is 0 Å². The summed E-state index contributed by atoms with van der Waals surface area (Å²) in [5.41, 5.74) is 6.15. The molecule has 0 unspecified atom stereocenters. The van der Waals surface area contributed by atoms with Gasteiger partial charge in [-0.15, -0.1) is 0 Å². The van der Waals surface area contributed by atoms with Gasteiger partial charge in [0.25, 0.3) is 0 Å². The normalized spacial score (nSPS) is 11.5. The Balaban J connectivity index is 2.96. The summed E-state index contributed by atoms with van der Waals surface area (Å²) < 4.78 is 0. The Morgan fingerprint density at radius 2 is 2.10 bits per heavy atom. The fraction of sp³-hybridized carbons (Fsp3) is 0.143. The molecule has 0 aliphatic carbocycles. The summed E-state index contributed by atoms with van der Waals surface area (Å²) in [4.78, 5) is 7.98. The van der Waals surface area contributed by atoms with E-state index in [1.165, 1.54) is 6.20 Å². The van der Waals surface area contributed by atoms with Gasteiger partial charge in [-0.1, -0.05) is 0 Å². The van der Waals surface area contributed by atoms with Gasteiger partial charge in [0.05, 0.1) is 0 Å². The molecule has 0 aliphatic heterocycles. The molecule has 0 aliphatic rings. The van der Waals surface area contributed by atoms with Crippen molar-refractivity contribution in [3.63, 3.8) is 0 Å². The fourth-order valence-electron chi connectivity index (χ4n) is 0.577. The summed E-state index contributed by atoms with van der Waals surface area (Å²) in [5, 5.41) is 0. The Bertz CT molecular complexity index is 228. The van der Waals surface area contributed by atoms with Gasteiger partial charge in [0.15, 0.2) is 5.82 Å². The zero-order chi connectivity index (χ0) is 7.40. The summed E-state index contributed by atoms with van der Waals surface area (Å²) in [5.74, 6) is 0.685. The van der Waals surface area contributed by atoms with Crippen molar-refractivity contribution >= 4 is 5.57 Å². The standard InChI is InChI=1S/C7H9N3/c1-6(5-8)7-9-3-2-4-10-7/h2-5H,8H2,1H3. The van der Waals surface area contributed by atoms with Crippen molar-refractivity contribution in [3.8, 4) is 0 Å². The second-order valence-corrected chi connectivity index (χ2v) is 1.92. The van der Waals surface area contributed by atoms with Gasteiger partial charge in [-0.05, 0) is 13.0 Å². The number of hydrogen-bond acceptors (Lipinski definition) is 3. The lowest BCUT2D eigenvalue weighted by atomic mass is 10.3. The molecule has 1 aromatic heterocycles. The van der Waals surface area contributed by atoms with E-state index in [2.05, 4.69) is 9.97 Å². The molecule has 52 valence electrons. The van der Waals surface area contributed by atoms with Crippen LogP contribution in [0.25, 0.3) is 5.57 Å². The molecule has 0 amide bonds. The van der Waals surface area contributed by atoms with Crippen LogP contribution < -0.4 is 5.73 Å². The highest BCUT2D eigenvalue weighted by molar-refractivity contribution is 5.55. The summed E-state index contributed by atoms with van der Waals surface area (Å²) >= 11 is 0. The molecule has 2 N–H and O–H groups in total. The van der Waals surface area contributed by atoms with Crippen LogP contribution in [0.15, 0.2) is 24.7 Å². The van der Waals surface area contributed by atoms with Crippen molar-refractivity contribution < 1.29 is 0 Å². The molecule has 0 aromatic carbocycles. The largest absolute Gasteiger partial charge is 0.404 e. The molecule has 1 heterocycles. The molecule has 0 saturated carbocycles. The summed E-state index contributed by atoms with van der Waals surface area (Å²) in [6.45, 7) is 1.87. The highest BCUT2D eigenvalue weighted by atomic mass is 14.9. The third-order valence-electron chi connectivity index (χ3n) is 1.17. The van der Waals surface area contributed by atoms with E-state index in [0.29, 0.717) is 5.82 Å². The van der Waals surface area contributed by atoms with E-state index in [1.54, 1.807) is 18.5 Å². The SMILES string of the molecule is CC(=CN)c1ncccn1. The lowest BCUT2D eigenvalue weighted by Crippen LogP contribution is -1.91. The Morgan fingerprint density at radius 3 is 2.60 bits per heavy atom. The molecular formula is C7H9N3. The van der Waals surface area contributed by atoms with Crippen LogP contribution in [-0.4, -0.2) is 9.97 Å². The zero-order valence-corrected chi connectivity index (χ0v) is 5.78. The molecule has 0 saturated heterocycles. The first-order chi connectivity index (χ1) is 4.84. The van der Waals surface area contributed by atoms with Crippen LogP contribution in [0.4, 0.5) is 0 Å². The Hall–Kier alpha value is -1.38. The minimum absolute atomic E-state index is 0.685. The van der Waals surface area contributed by atoms with Crippen molar-refractivity contribution in [2.75, 3.05) is 0 Å². The topological polar surface area (TPSA) is 51.8 Å². The second kappa shape index (κ2) is 2.96. The maximum atomic E-state index is 5.26. The van der Waals surface area contributed by atoms with Crippen molar-refractivity contribution in [1.29, 1.82) is 0 Å². The third-order valence-corrected chi connectivity index (χ3v) is 1.17. The molecule has 1 aromatic rings. The van der Waals surface area contributed by atoms with E-state index in [4.69, 9.17) is 5.73 Å². The molecule has 0 radical (unpaired) electrons. The number of allylic oxidation sites excluding steroid dienone is 1. The minimum atomic E-state index is 0.685. The molecule has 0 atom stereocenters. The predicted molar refractivity (Wildman–Crippen MR) is 39.9 cm³/mol. The van der Waals surface area contributed by atoms with E-state index in [9.17, 15) is 0 Å². The van der Waals surface area contributed by atoms with E-state index < -0.39 is 0 Å². The highest BCUT2D eigenvalue weighted by Crippen LogP contribution is 2.02. The lowest BCUT2D eigenvalue weighted by molar-refractivity contribution is 1.11. The molecule has 0 bridgehead atoms. The smallest absolute Gasteiger partial charge is 0.156 e. The van der Waals surface area contributed by atoms with Crippen LogP contribution in [-0.2, 0) is 0 Å². The van der Waals surface area contributed by atoms with Gasteiger partial charge in [0, 0.05) is 24.2 Å². The number of aromatic nitrogens is 2. The first kappa shape index (κ1) is 6.74. The minimum Gasteiger partial charge on any atom is -0.404 e. The maximum Gasteiger partial charge on any atom is 0.156 e. The zero-order valence-electron chi connectivity index (χ0n) is 5.78. The van der Waals surface area contributed by atoms with Gasteiger partial charge < -0.3 is 5.73 Å². The van der Waals surface area contributed by atoms with Gasteiger partial charge >= 0.3 is 0 Å². The van der Waals surface area contributed by atoms with Gasteiger partial charge in [0.1, 0.15) is 0 Å². The highest BCUT2D eigenvalue weighted by Gasteiger charge is 1.93. The molecule has 0 spiro atoms. The number of nitrogens with two attached hydrogens (primary N) is 1. The second-order valence-electron chi connectivity index (χ2n) is 1.92. The van der Waals surface area contributed by atoms with Gasteiger partial charge in [0.2, 0.25) is 0 Å². The van der Waals surface area contributed by atoms with E-state index in [-0.39, 0.29) is 0 Å². The van der Waals surface area contributed by atoms with Crippen LogP contribution in [0.5, 0.6) is 0 Å². The third kappa shape index (κ3) is 1.31. The lowest BCUT2D eigenvalue weighted by Gasteiger charge is -1.94. The quantitative estimate of drug-likeness (QED) is 0.619. The Morgan fingerprint density at radius 1 is 1.50 bits per heavy atom. The Labute approximate surface area is 59.6 Å². The first-order valence-electron chi connectivity index (χ1n) is 3.00. The number of hydrogen-bond donors (Lipinski definition) is 1. The van der Waals surface area contributed by atoms with E-state index >= 15 is 0 Å². The summed E-state index contributed by atoms with van der Waals surface area (Å²) in [6.07, 6.45) is 4.88. The summed E-state index contributed by atoms with van der Waals surface area (Å²) in [6, 6.07) is 1.77. The van der Waals surface area contributed by atoms with Crippen LogP contribution in [0, 0.1) is 0 Å². The molecule has 3 heteroatoms. The molecule has 10 heavy (non-hydrogen) atoms. The Kier molecular flexibility index (Phi) is 1.99. The fourth-order valence-corrected chi connectivity index (χ4v) is 0.577. The number of rotatable bonds is 1. The van der Waals surface area contributed by atoms with Crippen molar-refractivity contribution in [2.24, 2.45) is 5.73 Å². The van der Waals surface area contributed by atoms with Crippen LogP contribution >= 0.6 is 0 Å².